The van der Waals surface area contributed by atoms with Crippen LogP contribution in [0.1, 0.15) is 68.7 Å². The zero-order valence-corrected chi connectivity index (χ0v) is 29.5. The predicted octanol–water partition coefficient (Wildman–Crippen LogP) is 5.91. The molecular formula is C36H40F2N4O5S2. The first-order valence-electron chi connectivity index (χ1n) is 16.1. The molecular weight excluding hydrogens is 671 g/mol. The van der Waals surface area contributed by atoms with Crippen LogP contribution in [0.4, 0.5) is 8.78 Å². The number of sulfone groups is 1. The van der Waals surface area contributed by atoms with Gasteiger partial charge >= 0.3 is 0 Å². The molecule has 1 unspecified atom stereocenters. The third-order valence-corrected chi connectivity index (χ3v) is 13.1. The van der Waals surface area contributed by atoms with Crippen molar-refractivity contribution in [1.29, 1.82) is 0 Å². The molecule has 3 heterocycles. The number of rotatable bonds is 3. The zero-order chi connectivity index (χ0) is 35.3. The van der Waals surface area contributed by atoms with Gasteiger partial charge in [0.25, 0.3) is 0 Å². The van der Waals surface area contributed by atoms with Gasteiger partial charge in [-0.05, 0) is 60.9 Å². The lowest BCUT2D eigenvalue weighted by atomic mass is 9.75. The van der Waals surface area contributed by atoms with E-state index in [1.54, 1.807) is 37.5 Å². The number of aliphatic hydroxyl groups is 2. The molecule has 1 aliphatic heterocycles. The maximum absolute atomic E-state index is 15.8. The SMILES string of the molecule is Cn1nc2nc1-c1cc(ccc1F)[S+]([O-])c1c(F)cc3[nH]ccc3c1CCS(=O)(=O)CC(C)(C)CCC[C@]2(C)c1cccc([C@H](O)CO)c1. The first-order chi connectivity index (χ1) is 23.1. The first kappa shape index (κ1) is 35.2. The standard InChI is InChI=1S/C36H40F2N4O5S2/c1-35(2)13-6-14-36(3,23-8-5-7-22(17-23)31(44)20-43)34-40-33(42(4)41-34)27-18-24(9-10-28(27)37)48(45)32-26(12-16-49(46,47)21-35)25-11-15-39-30(25)19-29(32)38/h5,7-11,15,17-19,31,39,43-44H,6,12-14,16,20-21H2,1-4H3/t31-,36-,48?/m1/s1. The van der Waals surface area contributed by atoms with Crippen LogP contribution in [0, 0.1) is 17.0 Å². The van der Waals surface area contributed by atoms with E-state index in [0.29, 0.717) is 47.1 Å². The van der Waals surface area contributed by atoms with Gasteiger partial charge in [0.05, 0.1) is 29.1 Å². The summed E-state index contributed by atoms with van der Waals surface area (Å²) in [7, 11) is -2.02. The van der Waals surface area contributed by atoms with E-state index < -0.39 is 56.2 Å². The summed E-state index contributed by atoms with van der Waals surface area (Å²) in [4.78, 5) is 7.78. The molecule has 49 heavy (non-hydrogen) atoms. The first-order valence-corrected chi connectivity index (χ1v) is 19.1. The molecule has 6 rings (SSSR count). The van der Waals surface area contributed by atoms with Crippen LogP contribution in [0.2, 0.25) is 0 Å². The van der Waals surface area contributed by atoms with E-state index in [2.05, 4.69) is 4.98 Å². The number of hydrogen-bond acceptors (Lipinski definition) is 7. The minimum atomic E-state index is -3.65. The number of hydrogen-bond donors (Lipinski definition) is 3. The van der Waals surface area contributed by atoms with Crippen LogP contribution in [0.25, 0.3) is 22.3 Å². The van der Waals surface area contributed by atoms with E-state index in [4.69, 9.17) is 10.1 Å². The second kappa shape index (κ2) is 13.3. The van der Waals surface area contributed by atoms with E-state index in [1.807, 2.05) is 26.8 Å². The summed E-state index contributed by atoms with van der Waals surface area (Å²) >= 11 is -2.15. The Labute approximate surface area is 287 Å². The number of benzene rings is 3. The Morgan fingerprint density at radius 1 is 1.08 bits per heavy atom. The smallest absolute Gasteiger partial charge is 0.198 e. The van der Waals surface area contributed by atoms with Crippen molar-refractivity contribution >= 4 is 31.9 Å². The summed E-state index contributed by atoms with van der Waals surface area (Å²) in [6, 6.07) is 14.0. The quantitative estimate of drug-likeness (QED) is 0.198. The van der Waals surface area contributed by atoms with E-state index in [-0.39, 0.29) is 39.1 Å². The molecule has 1 aliphatic rings. The number of aliphatic hydroxyl groups excluding tert-OH is 2. The summed E-state index contributed by atoms with van der Waals surface area (Å²) in [5, 5.41) is 25.3. The van der Waals surface area contributed by atoms with Gasteiger partial charge in [-0.1, -0.05) is 44.5 Å². The second-order valence-electron chi connectivity index (χ2n) is 13.9. The molecule has 3 N–H and O–H groups in total. The Kier molecular flexibility index (Phi) is 9.53. The average Bonchev–Trinajstić information content (AvgIpc) is 3.68. The molecule has 0 aliphatic carbocycles. The number of halogens is 2. The minimum Gasteiger partial charge on any atom is -0.606 e. The van der Waals surface area contributed by atoms with Crippen molar-refractivity contribution in [3.63, 3.8) is 0 Å². The molecule has 3 atom stereocenters. The van der Waals surface area contributed by atoms with E-state index in [1.165, 1.54) is 22.9 Å². The lowest BCUT2D eigenvalue weighted by molar-refractivity contribution is 0.0955. The molecule has 3 aromatic carbocycles. The summed E-state index contributed by atoms with van der Waals surface area (Å²) < 4.78 is 74.3. The summed E-state index contributed by atoms with van der Waals surface area (Å²) in [5.41, 5.74) is 0.575. The summed E-state index contributed by atoms with van der Waals surface area (Å²) in [6.07, 6.45) is 2.08. The van der Waals surface area contributed by atoms with Gasteiger partial charge in [0, 0.05) is 53.0 Å². The fourth-order valence-electron chi connectivity index (χ4n) is 6.93. The van der Waals surface area contributed by atoms with Gasteiger partial charge in [-0.15, -0.1) is 0 Å². The van der Waals surface area contributed by atoms with E-state index >= 15 is 8.78 Å². The summed E-state index contributed by atoms with van der Waals surface area (Å²) in [5.74, 6) is -1.22. The Balaban J connectivity index is 1.55. The molecule has 260 valence electrons. The molecule has 0 spiro atoms. The number of H-pyrrole nitrogens is 1. The van der Waals surface area contributed by atoms with Crippen LogP contribution < -0.4 is 0 Å². The Bertz CT molecular complexity index is 2130. The number of aromatic nitrogens is 4. The highest BCUT2D eigenvalue weighted by atomic mass is 32.2. The van der Waals surface area contributed by atoms with Crippen LogP contribution in [0.3, 0.4) is 0 Å². The third kappa shape index (κ3) is 6.91. The van der Waals surface area contributed by atoms with Gasteiger partial charge in [0.2, 0.25) is 0 Å². The second-order valence-corrected chi connectivity index (χ2v) is 17.5. The normalized spacial score (nSPS) is 21.9. The van der Waals surface area contributed by atoms with Crippen molar-refractivity contribution in [3.05, 3.63) is 94.9 Å². The Hall–Kier alpha value is -3.62. The number of nitrogens with zero attached hydrogens (tertiary/aromatic N) is 3. The van der Waals surface area contributed by atoms with Crippen LogP contribution in [0.5, 0.6) is 0 Å². The molecule has 4 bridgehead atoms. The monoisotopic (exact) mass is 710 g/mol. The van der Waals surface area contributed by atoms with E-state index in [9.17, 15) is 23.2 Å². The number of fused-ring (bicyclic) bond motifs is 8. The van der Waals surface area contributed by atoms with Crippen LogP contribution in [-0.4, -0.2) is 61.0 Å². The van der Waals surface area contributed by atoms with Crippen molar-refractivity contribution < 1.29 is 32.0 Å². The molecule has 0 saturated heterocycles. The molecule has 0 saturated carbocycles. The van der Waals surface area contributed by atoms with Gasteiger partial charge in [-0.2, -0.15) is 5.10 Å². The van der Waals surface area contributed by atoms with Gasteiger partial charge in [-0.25, -0.2) is 26.9 Å². The van der Waals surface area contributed by atoms with Crippen LogP contribution in [0.15, 0.2) is 70.6 Å². The lowest BCUT2D eigenvalue weighted by Gasteiger charge is -2.31. The lowest BCUT2D eigenvalue weighted by Crippen LogP contribution is -2.29. The molecule has 9 nitrogen and oxygen atoms in total. The summed E-state index contributed by atoms with van der Waals surface area (Å²) in [6.45, 7) is 5.29. The van der Waals surface area contributed by atoms with Gasteiger partial charge in [0.15, 0.2) is 37.1 Å². The highest BCUT2D eigenvalue weighted by Crippen LogP contribution is 2.40. The molecule has 0 fully saturated rings. The predicted molar refractivity (Wildman–Crippen MR) is 184 cm³/mol. The number of aryl methyl sites for hydroxylation is 2. The highest BCUT2D eigenvalue weighted by molar-refractivity contribution is 7.92. The average molecular weight is 711 g/mol. The maximum Gasteiger partial charge on any atom is 0.198 e. The topological polar surface area (TPSA) is 144 Å². The van der Waals surface area contributed by atoms with Gasteiger partial charge in [-0.3, -0.25) is 0 Å². The fourth-order valence-corrected chi connectivity index (χ4v) is 10.2. The van der Waals surface area contributed by atoms with E-state index in [0.717, 1.165) is 11.6 Å². The van der Waals surface area contributed by atoms with Crippen LogP contribution in [-0.2, 0) is 39.9 Å². The largest absolute Gasteiger partial charge is 0.606 e. The van der Waals surface area contributed by atoms with Crippen molar-refractivity contribution in [1.82, 2.24) is 19.7 Å². The van der Waals surface area contributed by atoms with Crippen LogP contribution >= 0.6 is 0 Å². The number of nitrogens with one attached hydrogen (secondary N) is 1. The third-order valence-electron chi connectivity index (χ3n) is 9.59. The van der Waals surface area contributed by atoms with Crippen molar-refractivity contribution in [2.75, 3.05) is 18.1 Å². The Morgan fingerprint density at radius 2 is 1.86 bits per heavy atom. The molecule has 0 amide bonds. The van der Waals surface area contributed by atoms with Crippen molar-refractivity contribution in [2.45, 2.75) is 67.8 Å². The van der Waals surface area contributed by atoms with Gasteiger partial charge in [0.1, 0.15) is 11.9 Å². The maximum atomic E-state index is 15.8. The van der Waals surface area contributed by atoms with Crippen molar-refractivity contribution in [3.8, 4) is 11.4 Å². The van der Waals surface area contributed by atoms with Crippen molar-refractivity contribution in [2.24, 2.45) is 12.5 Å². The molecule has 2 aromatic heterocycles. The highest BCUT2D eigenvalue weighted by Gasteiger charge is 2.37. The molecule has 5 aromatic rings. The zero-order valence-electron chi connectivity index (χ0n) is 27.8. The van der Waals surface area contributed by atoms with Gasteiger partial charge < -0.3 is 19.7 Å². The Morgan fingerprint density at radius 3 is 2.61 bits per heavy atom. The molecule has 0 radical (unpaired) electrons. The minimum absolute atomic E-state index is 0.0217. The number of aromatic amines is 1. The fraction of sp³-hybridized carbons (Fsp3) is 0.389. The molecule has 13 heteroatoms.